The summed E-state index contributed by atoms with van der Waals surface area (Å²) in [7, 11) is 1.52. The van der Waals surface area contributed by atoms with Gasteiger partial charge in [0.15, 0.2) is 0 Å². The number of imide groups is 1. The maximum absolute atomic E-state index is 13.6. The smallest absolute Gasteiger partial charge is 0.328 e. The van der Waals surface area contributed by atoms with Gasteiger partial charge in [-0.3, -0.25) is 24.6 Å². The lowest BCUT2D eigenvalue weighted by Gasteiger charge is -2.45. The van der Waals surface area contributed by atoms with Crippen molar-refractivity contribution < 1.29 is 33.4 Å². The van der Waals surface area contributed by atoms with Gasteiger partial charge in [0.05, 0.1) is 38.1 Å². The number of rotatable bonds is 8. The van der Waals surface area contributed by atoms with Gasteiger partial charge in [-0.05, 0) is 60.8 Å². The maximum atomic E-state index is 13.6. The first-order valence-electron chi connectivity index (χ1n) is 16.7. The minimum atomic E-state index is -0.517. The highest BCUT2D eigenvalue weighted by molar-refractivity contribution is 6.07. The molecule has 4 aliphatic heterocycles. The average molecular weight is 646 g/mol. The summed E-state index contributed by atoms with van der Waals surface area (Å²) < 4.78 is 17.7. The van der Waals surface area contributed by atoms with E-state index in [0.717, 1.165) is 24.8 Å². The molecule has 1 spiro atoms. The first kappa shape index (κ1) is 31.6. The van der Waals surface area contributed by atoms with E-state index in [0.29, 0.717) is 75.3 Å². The van der Waals surface area contributed by atoms with Crippen LogP contribution in [0.4, 0.5) is 10.5 Å². The highest BCUT2D eigenvalue weighted by Gasteiger charge is 2.49. The second kappa shape index (κ2) is 13.2. The molecule has 5 fully saturated rings. The predicted molar refractivity (Wildman–Crippen MR) is 172 cm³/mol. The zero-order valence-electron chi connectivity index (χ0n) is 26.8. The van der Waals surface area contributed by atoms with Crippen molar-refractivity contribution in [3.63, 3.8) is 0 Å². The molecule has 2 N–H and O–H groups in total. The van der Waals surface area contributed by atoms with Gasteiger partial charge in [0.25, 0.3) is 5.91 Å². The molecule has 47 heavy (non-hydrogen) atoms. The fourth-order valence-corrected chi connectivity index (χ4v) is 7.96. The zero-order valence-corrected chi connectivity index (χ0v) is 26.8. The zero-order chi connectivity index (χ0) is 32.5. The Kier molecular flexibility index (Phi) is 8.91. The van der Waals surface area contributed by atoms with E-state index < -0.39 is 6.03 Å². The summed E-state index contributed by atoms with van der Waals surface area (Å²) in [6.45, 7) is 4.66. The molecule has 5 amide bonds. The monoisotopic (exact) mass is 645 g/mol. The van der Waals surface area contributed by atoms with Gasteiger partial charge in [0, 0.05) is 51.3 Å². The number of urea groups is 1. The Morgan fingerprint density at radius 2 is 1.87 bits per heavy atom. The quantitative estimate of drug-likeness (QED) is 0.449. The normalized spacial score (nSPS) is 29.2. The molecule has 12 nitrogen and oxygen atoms in total. The molecule has 4 saturated heterocycles. The number of hydrogen-bond acceptors (Lipinski definition) is 8. The highest BCUT2D eigenvalue weighted by atomic mass is 16.5. The van der Waals surface area contributed by atoms with Gasteiger partial charge in [-0.2, -0.15) is 0 Å². The molecule has 2 aromatic carbocycles. The van der Waals surface area contributed by atoms with Crippen LogP contribution in [0, 0.1) is 11.3 Å². The molecule has 1 aliphatic carbocycles. The number of amides is 5. The van der Waals surface area contributed by atoms with Gasteiger partial charge < -0.3 is 29.3 Å². The SMILES string of the molecule is COc1ccc(C(=O)N2CCC3(CC(CO[C@@H]4CN[C@H](C(=O)N5CCO[C@H](c6ccccc6)C5)C4)C3)C2)cc1N1CCC(=O)NC1=O. The summed E-state index contributed by atoms with van der Waals surface area (Å²) in [6.07, 6.45) is 3.77. The Hall–Kier alpha value is -4.00. The molecular formula is C35H43N5O7. The summed E-state index contributed by atoms with van der Waals surface area (Å²) in [5.74, 6) is 0.652. The van der Waals surface area contributed by atoms with Crippen LogP contribution >= 0.6 is 0 Å². The van der Waals surface area contributed by atoms with Gasteiger partial charge in [-0.1, -0.05) is 30.3 Å². The number of carbonyl (C=O) groups is 4. The number of hydrogen-bond donors (Lipinski definition) is 2. The molecule has 1 saturated carbocycles. The van der Waals surface area contributed by atoms with Crippen LogP contribution in [0.25, 0.3) is 0 Å². The summed E-state index contributed by atoms with van der Waals surface area (Å²) in [6, 6.07) is 14.4. The number of anilines is 1. The van der Waals surface area contributed by atoms with Gasteiger partial charge in [-0.15, -0.1) is 0 Å². The van der Waals surface area contributed by atoms with E-state index >= 15 is 0 Å². The van der Waals surface area contributed by atoms with Crippen LogP contribution in [-0.2, 0) is 19.1 Å². The maximum Gasteiger partial charge on any atom is 0.328 e. The number of benzene rings is 2. The average Bonchev–Trinajstić information content (AvgIpc) is 3.75. The van der Waals surface area contributed by atoms with E-state index in [9.17, 15) is 19.2 Å². The van der Waals surface area contributed by atoms with Crippen LogP contribution < -0.4 is 20.3 Å². The Bertz CT molecular complexity index is 1510. The lowest BCUT2D eigenvalue weighted by atomic mass is 9.62. The lowest BCUT2D eigenvalue weighted by Crippen LogP contribution is -2.49. The molecule has 0 radical (unpaired) electrons. The van der Waals surface area contributed by atoms with Crippen LogP contribution in [0.2, 0.25) is 0 Å². The molecule has 250 valence electrons. The summed E-state index contributed by atoms with van der Waals surface area (Å²) in [5, 5.41) is 5.72. The summed E-state index contributed by atoms with van der Waals surface area (Å²) >= 11 is 0. The first-order valence-corrected chi connectivity index (χ1v) is 16.7. The van der Waals surface area contributed by atoms with Crippen LogP contribution in [0.15, 0.2) is 48.5 Å². The van der Waals surface area contributed by atoms with Crippen molar-refractivity contribution >= 4 is 29.4 Å². The molecule has 2 aromatic rings. The predicted octanol–water partition coefficient (Wildman–Crippen LogP) is 2.73. The van der Waals surface area contributed by atoms with Crippen molar-refractivity contribution in [2.24, 2.45) is 11.3 Å². The van der Waals surface area contributed by atoms with Crippen molar-refractivity contribution in [1.82, 2.24) is 20.4 Å². The third-order valence-corrected chi connectivity index (χ3v) is 10.4. The Morgan fingerprint density at radius 1 is 1.04 bits per heavy atom. The Morgan fingerprint density at radius 3 is 2.66 bits per heavy atom. The van der Waals surface area contributed by atoms with E-state index in [1.165, 1.54) is 12.0 Å². The molecule has 0 bridgehead atoms. The van der Waals surface area contributed by atoms with E-state index in [2.05, 4.69) is 10.6 Å². The van der Waals surface area contributed by atoms with E-state index in [4.69, 9.17) is 14.2 Å². The van der Waals surface area contributed by atoms with E-state index in [-0.39, 0.29) is 54.4 Å². The largest absolute Gasteiger partial charge is 0.495 e. The number of morpholine rings is 1. The van der Waals surface area contributed by atoms with Gasteiger partial charge in [0.2, 0.25) is 11.8 Å². The van der Waals surface area contributed by atoms with Crippen LogP contribution in [0.1, 0.15) is 54.1 Å². The lowest BCUT2D eigenvalue weighted by molar-refractivity contribution is -0.141. The van der Waals surface area contributed by atoms with Crippen molar-refractivity contribution in [2.75, 3.05) is 64.5 Å². The topological polar surface area (TPSA) is 130 Å². The van der Waals surface area contributed by atoms with Gasteiger partial charge in [-0.25, -0.2) is 4.79 Å². The molecule has 4 heterocycles. The molecule has 3 atom stereocenters. The number of ether oxygens (including phenoxy) is 3. The Labute approximate surface area is 274 Å². The second-order valence-electron chi connectivity index (χ2n) is 13.6. The Balaban J connectivity index is 0.869. The fourth-order valence-electron chi connectivity index (χ4n) is 7.96. The van der Waals surface area contributed by atoms with Crippen molar-refractivity contribution in [3.8, 4) is 5.75 Å². The standard InChI is InChI=1S/C35H43N5O7/c1-45-29-8-7-25(15-28(29)40-11-9-31(41)37-34(40)44)32(42)39-12-10-35(22-39)17-23(18-35)21-47-26-16-27(36-19-26)33(43)38-13-14-46-30(20-38)24-5-3-2-4-6-24/h2-8,15,23,26-27,30,36H,9-14,16-22H2,1H3,(H,37,41,44)/t23?,26-,27-,30-,35?/m0/s1. The fraction of sp³-hybridized carbons (Fsp3) is 0.543. The molecule has 0 unspecified atom stereocenters. The molecule has 12 heteroatoms. The van der Waals surface area contributed by atoms with Crippen molar-refractivity contribution in [2.45, 2.75) is 50.4 Å². The highest BCUT2D eigenvalue weighted by Crippen LogP contribution is 2.52. The van der Waals surface area contributed by atoms with E-state index in [1.807, 2.05) is 40.1 Å². The number of nitrogens with one attached hydrogen (secondary N) is 2. The molecule has 5 aliphatic rings. The number of likely N-dealkylation sites (tertiary alicyclic amines) is 1. The third kappa shape index (κ3) is 6.59. The number of carbonyl (C=O) groups excluding carboxylic acids is 4. The summed E-state index contributed by atoms with van der Waals surface area (Å²) in [5.41, 5.74) is 2.18. The van der Waals surface area contributed by atoms with E-state index in [1.54, 1.807) is 18.2 Å². The van der Waals surface area contributed by atoms with Crippen LogP contribution in [0.3, 0.4) is 0 Å². The van der Waals surface area contributed by atoms with Gasteiger partial charge >= 0.3 is 6.03 Å². The first-order chi connectivity index (χ1) is 22.8. The molecular weight excluding hydrogens is 602 g/mol. The number of nitrogens with zero attached hydrogens (tertiary/aromatic N) is 3. The number of methoxy groups -OCH3 is 1. The summed E-state index contributed by atoms with van der Waals surface area (Å²) in [4.78, 5) is 56.3. The molecule has 7 rings (SSSR count). The van der Waals surface area contributed by atoms with Crippen molar-refractivity contribution in [1.29, 1.82) is 0 Å². The van der Waals surface area contributed by atoms with Crippen LogP contribution in [0.5, 0.6) is 5.75 Å². The molecule has 0 aromatic heterocycles. The minimum absolute atomic E-state index is 0.0116. The van der Waals surface area contributed by atoms with Gasteiger partial charge in [0.1, 0.15) is 11.9 Å². The third-order valence-electron chi connectivity index (χ3n) is 10.4. The minimum Gasteiger partial charge on any atom is -0.495 e. The van der Waals surface area contributed by atoms with Crippen LogP contribution in [-0.4, -0.2) is 105 Å². The van der Waals surface area contributed by atoms with Crippen molar-refractivity contribution in [3.05, 3.63) is 59.7 Å². The second-order valence-corrected chi connectivity index (χ2v) is 13.6.